The van der Waals surface area contributed by atoms with Crippen LogP contribution >= 0.6 is 0 Å². The molecular formula is C33H23N3O5. The van der Waals surface area contributed by atoms with Gasteiger partial charge in [0.05, 0.1) is 12.0 Å². The number of anilines is 1. The van der Waals surface area contributed by atoms with Gasteiger partial charge in [-0.2, -0.15) is 0 Å². The average molecular weight is 542 g/mol. The Morgan fingerprint density at radius 2 is 1.66 bits per heavy atom. The Kier molecular flexibility index (Phi) is 4.97. The molecule has 1 amide bonds. The summed E-state index contributed by atoms with van der Waals surface area (Å²) >= 11 is 0. The molecule has 1 spiro atoms. The summed E-state index contributed by atoms with van der Waals surface area (Å²) in [6, 6.07) is 22.0. The molecule has 8 nitrogen and oxygen atoms in total. The quantitative estimate of drug-likeness (QED) is 0.371. The van der Waals surface area contributed by atoms with E-state index in [0.717, 1.165) is 11.1 Å². The molecule has 0 aliphatic carbocycles. The lowest BCUT2D eigenvalue weighted by Gasteiger charge is -2.38. The third-order valence-electron chi connectivity index (χ3n) is 8.74. The second-order valence-electron chi connectivity index (χ2n) is 10.6. The van der Waals surface area contributed by atoms with Gasteiger partial charge in [-0.1, -0.05) is 42.5 Å². The smallest absolute Gasteiger partial charge is 0.238 e. The van der Waals surface area contributed by atoms with Crippen LogP contribution in [0.2, 0.25) is 0 Å². The monoisotopic (exact) mass is 541 g/mol. The Balaban J connectivity index is 1.41. The molecule has 8 rings (SSSR count). The predicted molar refractivity (Wildman–Crippen MR) is 150 cm³/mol. The van der Waals surface area contributed by atoms with Crippen LogP contribution in [0.3, 0.4) is 0 Å². The van der Waals surface area contributed by atoms with Gasteiger partial charge in [0.2, 0.25) is 12.7 Å². The highest BCUT2D eigenvalue weighted by molar-refractivity contribution is 6.16. The van der Waals surface area contributed by atoms with E-state index in [0.29, 0.717) is 33.9 Å². The molecule has 200 valence electrons. The van der Waals surface area contributed by atoms with Crippen molar-refractivity contribution in [2.75, 3.05) is 12.1 Å². The van der Waals surface area contributed by atoms with Crippen molar-refractivity contribution in [2.24, 2.45) is 5.92 Å². The Morgan fingerprint density at radius 3 is 2.54 bits per heavy atom. The van der Waals surface area contributed by atoms with Crippen molar-refractivity contribution >= 4 is 29.2 Å². The first-order valence-corrected chi connectivity index (χ1v) is 13.4. The van der Waals surface area contributed by atoms with Gasteiger partial charge in [-0.3, -0.25) is 19.4 Å². The van der Waals surface area contributed by atoms with Gasteiger partial charge >= 0.3 is 0 Å². The predicted octanol–water partition coefficient (Wildman–Crippen LogP) is 4.79. The number of ether oxygens (including phenoxy) is 2. The summed E-state index contributed by atoms with van der Waals surface area (Å²) in [5, 5.41) is 3.06. The molecule has 1 saturated heterocycles. The van der Waals surface area contributed by atoms with Crippen LogP contribution in [0, 0.1) is 5.92 Å². The van der Waals surface area contributed by atoms with E-state index < -0.39 is 23.4 Å². The highest BCUT2D eigenvalue weighted by Gasteiger charge is 2.70. The summed E-state index contributed by atoms with van der Waals surface area (Å²) < 4.78 is 11.0. The topological polar surface area (TPSA) is 97.8 Å². The van der Waals surface area contributed by atoms with Crippen molar-refractivity contribution in [2.45, 2.75) is 17.5 Å². The largest absolute Gasteiger partial charge is 0.454 e. The molecule has 1 N–H and O–H groups in total. The van der Waals surface area contributed by atoms with Gasteiger partial charge in [0.15, 0.2) is 23.1 Å². The Bertz CT molecular complexity index is 1800. The number of rotatable bonds is 4. The number of carbonyl (C=O) groups excluding carboxylic acids is 3. The molecule has 4 atom stereocenters. The third kappa shape index (κ3) is 3.15. The number of ketones is 2. The van der Waals surface area contributed by atoms with Crippen LogP contribution < -0.4 is 14.8 Å². The van der Waals surface area contributed by atoms with E-state index in [1.165, 1.54) is 0 Å². The van der Waals surface area contributed by atoms with Crippen LogP contribution in [-0.4, -0.2) is 40.2 Å². The molecule has 0 bridgehead atoms. The van der Waals surface area contributed by atoms with Crippen LogP contribution in [0.1, 0.15) is 43.4 Å². The van der Waals surface area contributed by atoms with Gasteiger partial charge in [-0.15, -0.1) is 0 Å². The second kappa shape index (κ2) is 8.63. The van der Waals surface area contributed by atoms with E-state index in [2.05, 4.69) is 10.3 Å². The number of hydrogen-bond donors (Lipinski definition) is 1. The molecule has 4 aromatic rings. The fraction of sp³-hybridized carbons (Fsp3) is 0.152. The number of para-hydroxylation sites is 1. The van der Waals surface area contributed by atoms with Crippen LogP contribution in [0.25, 0.3) is 6.08 Å². The molecule has 5 heterocycles. The number of amides is 1. The molecule has 3 aromatic carbocycles. The molecule has 1 aromatic heterocycles. The zero-order valence-electron chi connectivity index (χ0n) is 21.7. The lowest BCUT2D eigenvalue weighted by Crippen LogP contribution is -2.49. The number of benzene rings is 3. The molecule has 0 radical (unpaired) electrons. The number of hydrogen-bond acceptors (Lipinski definition) is 7. The first-order chi connectivity index (χ1) is 20.1. The first-order valence-electron chi connectivity index (χ1n) is 13.4. The van der Waals surface area contributed by atoms with E-state index in [-0.39, 0.29) is 24.3 Å². The zero-order valence-corrected chi connectivity index (χ0v) is 21.7. The second-order valence-corrected chi connectivity index (χ2v) is 10.6. The van der Waals surface area contributed by atoms with Crippen LogP contribution in [-0.2, 0) is 10.2 Å². The number of fused-ring (bicyclic) bond motifs is 7. The van der Waals surface area contributed by atoms with Crippen molar-refractivity contribution in [1.82, 2.24) is 9.88 Å². The van der Waals surface area contributed by atoms with Gasteiger partial charge in [0.1, 0.15) is 11.5 Å². The standard InChI is InChI=1S/C33H23N3O5/c37-29(20-11-14-34-15-12-20)27-28(30(38)21-9-10-25-26(17-21)41-18-40-25)36-16-13-19-5-1-2-6-22(19)31(36)33(27)23-7-3-4-8-24(23)35-32(33)39/h1-17,27-28,31H,18H2,(H,35,39)/t27-,28-,31+,33+/m1/s1. The number of pyridine rings is 1. The van der Waals surface area contributed by atoms with Gasteiger partial charge in [-0.05, 0) is 59.2 Å². The minimum atomic E-state index is -1.38. The Morgan fingerprint density at radius 1 is 0.878 bits per heavy atom. The lowest BCUT2D eigenvalue weighted by molar-refractivity contribution is -0.122. The molecule has 41 heavy (non-hydrogen) atoms. The number of nitrogens with one attached hydrogen (secondary N) is 1. The first kappa shape index (κ1) is 23.6. The maximum Gasteiger partial charge on any atom is 0.238 e. The van der Waals surface area contributed by atoms with Crippen molar-refractivity contribution < 1.29 is 23.9 Å². The van der Waals surface area contributed by atoms with Crippen molar-refractivity contribution in [3.8, 4) is 11.5 Å². The number of Topliss-reactive ketones (excluding diaryl/α,β-unsaturated/α-hetero) is 2. The molecule has 1 fully saturated rings. The van der Waals surface area contributed by atoms with E-state index in [1.54, 1.807) is 42.7 Å². The maximum atomic E-state index is 14.7. The highest BCUT2D eigenvalue weighted by Crippen LogP contribution is 2.62. The molecule has 0 saturated carbocycles. The molecular weight excluding hydrogens is 518 g/mol. The summed E-state index contributed by atoms with van der Waals surface area (Å²) in [5.41, 5.74) is 2.57. The van der Waals surface area contributed by atoms with Crippen LogP contribution in [0.5, 0.6) is 11.5 Å². The van der Waals surface area contributed by atoms with Crippen molar-refractivity contribution in [1.29, 1.82) is 0 Å². The van der Waals surface area contributed by atoms with Gasteiger partial charge < -0.3 is 19.7 Å². The molecule has 4 aliphatic heterocycles. The maximum absolute atomic E-state index is 14.7. The van der Waals surface area contributed by atoms with E-state index >= 15 is 0 Å². The van der Waals surface area contributed by atoms with Crippen molar-refractivity contribution in [3.63, 3.8) is 0 Å². The number of nitrogens with zero attached hydrogens (tertiary/aromatic N) is 2. The Hall–Kier alpha value is -5.24. The summed E-state index contributed by atoms with van der Waals surface area (Å²) in [6.45, 7) is 0.0767. The summed E-state index contributed by atoms with van der Waals surface area (Å²) in [7, 11) is 0. The number of carbonyl (C=O) groups is 3. The molecule has 4 aliphatic rings. The van der Waals surface area contributed by atoms with E-state index in [9.17, 15) is 14.4 Å². The van der Waals surface area contributed by atoms with Gasteiger partial charge in [0.25, 0.3) is 0 Å². The lowest BCUT2D eigenvalue weighted by atomic mass is 9.62. The van der Waals surface area contributed by atoms with E-state index in [4.69, 9.17) is 9.47 Å². The highest BCUT2D eigenvalue weighted by atomic mass is 16.7. The normalized spacial score (nSPS) is 24.5. The summed E-state index contributed by atoms with van der Waals surface area (Å²) in [6.07, 6.45) is 6.90. The van der Waals surface area contributed by atoms with Gasteiger partial charge in [0, 0.05) is 35.4 Å². The van der Waals surface area contributed by atoms with Crippen molar-refractivity contribution in [3.05, 3.63) is 125 Å². The Labute approximate surface area is 235 Å². The van der Waals surface area contributed by atoms with Crippen LogP contribution in [0.4, 0.5) is 5.69 Å². The fourth-order valence-corrected chi connectivity index (χ4v) is 7.08. The average Bonchev–Trinajstić information content (AvgIpc) is 3.70. The summed E-state index contributed by atoms with van der Waals surface area (Å²) in [4.78, 5) is 49.8. The minimum absolute atomic E-state index is 0.0767. The number of aromatic nitrogens is 1. The minimum Gasteiger partial charge on any atom is -0.454 e. The van der Waals surface area contributed by atoms with E-state index in [1.807, 2.05) is 65.7 Å². The molecule has 8 heteroatoms. The summed E-state index contributed by atoms with van der Waals surface area (Å²) in [5.74, 6) is -0.889. The third-order valence-corrected chi connectivity index (χ3v) is 8.74. The molecule has 0 unspecified atom stereocenters. The fourth-order valence-electron chi connectivity index (χ4n) is 7.08. The zero-order chi connectivity index (χ0) is 27.7. The van der Waals surface area contributed by atoms with Crippen LogP contribution in [0.15, 0.2) is 97.5 Å². The van der Waals surface area contributed by atoms with Gasteiger partial charge in [-0.25, -0.2) is 0 Å². The SMILES string of the molecule is O=C(c1ccc2c(c1)OCO2)[C@H]1[C@H](C(=O)c2ccncc2)[C@]2(C(=O)Nc3ccccc32)[C@@H]2c3ccccc3C=CN21.